The molecule has 0 fully saturated rings. The maximum absolute atomic E-state index is 12.1. The van der Waals surface area contributed by atoms with Gasteiger partial charge >= 0.3 is 6.18 Å². The zero-order chi connectivity index (χ0) is 16.3. The van der Waals surface area contributed by atoms with Crippen LogP contribution in [0, 0.1) is 0 Å². The first-order chi connectivity index (χ1) is 11.0. The minimum atomic E-state index is -4.32. The van der Waals surface area contributed by atoms with Gasteiger partial charge in [-0.1, -0.05) is 12.1 Å². The summed E-state index contributed by atoms with van der Waals surface area (Å²) in [4.78, 5) is 4.18. The number of benzene rings is 1. The first-order valence-corrected chi connectivity index (χ1v) is 7.38. The molecule has 0 aliphatic carbocycles. The van der Waals surface area contributed by atoms with Crippen molar-refractivity contribution in [2.75, 3.05) is 6.61 Å². The second kappa shape index (κ2) is 6.57. The molecule has 0 spiro atoms. The summed E-state index contributed by atoms with van der Waals surface area (Å²) >= 11 is 0. The number of aromatic nitrogens is 3. The summed E-state index contributed by atoms with van der Waals surface area (Å²) in [6, 6.07) is 6.95. The van der Waals surface area contributed by atoms with Crippen LogP contribution in [0.3, 0.4) is 0 Å². The number of hydrogen-bond donors (Lipinski definition) is 1. The topological polar surface area (TPSA) is 52.0 Å². The first-order valence-electron chi connectivity index (χ1n) is 7.38. The lowest BCUT2D eigenvalue weighted by Gasteiger charge is -2.23. The molecule has 2 aromatic rings. The van der Waals surface area contributed by atoms with E-state index >= 15 is 0 Å². The number of halogens is 3. The molecule has 0 bridgehead atoms. The molecule has 1 atom stereocenters. The second-order valence-electron chi connectivity index (χ2n) is 5.52. The third-order valence-corrected chi connectivity index (χ3v) is 3.73. The van der Waals surface area contributed by atoms with Crippen LogP contribution in [-0.4, -0.2) is 33.6 Å². The maximum Gasteiger partial charge on any atom is 0.422 e. The van der Waals surface area contributed by atoms with Crippen LogP contribution in [0.2, 0.25) is 0 Å². The van der Waals surface area contributed by atoms with Crippen molar-refractivity contribution in [3.63, 3.8) is 0 Å². The monoisotopic (exact) mass is 326 g/mol. The summed E-state index contributed by atoms with van der Waals surface area (Å²) in [5, 5.41) is 7.61. The highest BCUT2D eigenvalue weighted by molar-refractivity contribution is 5.27. The minimum Gasteiger partial charge on any atom is -0.484 e. The molecule has 124 valence electrons. The Balaban J connectivity index is 1.47. The normalized spacial score (nSPS) is 17.8. The van der Waals surface area contributed by atoms with Crippen molar-refractivity contribution in [3.8, 4) is 5.75 Å². The fourth-order valence-corrected chi connectivity index (χ4v) is 2.54. The van der Waals surface area contributed by atoms with Crippen molar-refractivity contribution in [1.82, 2.24) is 20.1 Å². The van der Waals surface area contributed by atoms with Crippen LogP contribution in [0.25, 0.3) is 0 Å². The minimum absolute atomic E-state index is 0.219. The van der Waals surface area contributed by atoms with Gasteiger partial charge in [-0.05, 0) is 24.1 Å². The van der Waals surface area contributed by atoms with E-state index in [9.17, 15) is 13.2 Å². The van der Waals surface area contributed by atoms with Gasteiger partial charge in [0.05, 0.1) is 6.54 Å². The molecule has 1 aliphatic heterocycles. The number of aryl methyl sites for hydroxylation is 1. The fourth-order valence-electron chi connectivity index (χ4n) is 2.54. The van der Waals surface area contributed by atoms with Crippen molar-refractivity contribution in [2.45, 2.75) is 38.1 Å². The molecular weight excluding hydrogens is 309 g/mol. The predicted octanol–water partition coefficient (Wildman–Crippen LogP) is 2.32. The molecular formula is C15H17F3N4O. The number of ether oxygens (including phenoxy) is 1. The number of nitrogens with zero attached hydrogens (tertiary/aromatic N) is 3. The molecule has 0 saturated heterocycles. The Morgan fingerprint density at radius 2 is 2.04 bits per heavy atom. The van der Waals surface area contributed by atoms with Gasteiger partial charge in [0, 0.05) is 19.0 Å². The molecule has 0 radical (unpaired) electrons. The van der Waals surface area contributed by atoms with Crippen molar-refractivity contribution in [1.29, 1.82) is 0 Å². The standard InChI is InChI=1S/C15H17F3N4O/c16-15(17,18)9-23-13-4-1-11(2-5-13)7-19-12-3-6-14-20-10-21-22(14)8-12/h1-2,4-5,10,12,19H,3,6-9H2/t12-/m0/s1. The van der Waals surface area contributed by atoms with E-state index in [0.29, 0.717) is 12.6 Å². The summed E-state index contributed by atoms with van der Waals surface area (Å²) in [5.74, 6) is 1.23. The average Bonchev–Trinajstić information content (AvgIpc) is 2.99. The average molecular weight is 326 g/mol. The number of nitrogens with one attached hydrogen (secondary N) is 1. The van der Waals surface area contributed by atoms with Crippen molar-refractivity contribution >= 4 is 0 Å². The molecule has 8 heteroatoms. The predicted molar refractivity (Wildman–Crippen MR) is 77.0 cm³/mol. The summed E-state index contributed by atoms with van der Waals surface area (Å²) in [7, 11) is 0. The van der Waals surface area contributed by atoms with E-state index in [-0.39, 0.29) is 5.75 Å². The zero-order valence-corrected chi connectivity index (χ0v) is 12.4. The highest BCUT2D eigenvalue weighted by Crippen LogP contribution is 2.19. The van der Waals surface area contributed by atoms with Gasteiger partial charge in [0.15, 0.2) is 6.61 Å². The van der Waals surface area contributed by atoms with Gasteiger partial charge in [0.1, 0.15) is 17.9 Å². The van der Waals surface area contributed by atoms with Crippen molar-refractivity contribution < 1.29 is 17.9 Å². The maximum atomic E-state index is 12.1. The molecule has 0 unspecified atom stereocenters. The number of rotatable bonds is 5. The quantitative estimate of drug-likeness (QED) is 0.916. The number of hydrogen-bond acceptors (Lipinski definition) is 4. The Labute approximate surface area is 131 Å². The lowest BCUT2D eigenvalue weighted by atomic mass is 10.1. The van der Waals surface area contributed by atoms with E-state index in [1.165, 1.54) is 0 Å². The van der Waals surface area contributed by atoms with Crippen LogP contribution in [0.5, 0.6) is 5.75 Å². The molecule has 3 rings (SSSR count). The van der Waals surface area contributed by atoms with E-state index in [0.717, 1.165) is 30.8 Å². The van der Waals surface area contributed by atoms with Gasteiger partial charge in [0.2, 0.25) is 0 Å². The summed E-state index contributed by atoms with van der Waals surface area (Å²) in [5.41, 5.74) is 0.994. The Morgan fingerprint density at radius 3 is 2.78 bits per heavy atom. The van der Waals surface area contributed by atoms with Crippen LogP contribution < -0.4 is 10.1 Å². The Hall–Kier alpha value is -2.09. The van der Waals surface area contributed by atoms with Gasteiger partial charge in [-0.2, -0.15) is 18.3 Å². The third-order valence-electron chi connectivity index (χ3n) is 3.73. The van der Waals surface area contributed by atoms with E-state index in [1.54, 1.807) is 30.6 Å². The van der Waals surface area contributed by atoms with E-state index < -0.39 is 12.8 Å². The highest BCUT2D eigenvalue weighted by atomic mass is 19.4. The number of fused-ring (bicyclic) bond motifs is 1. The number of alkyl halides is 3. The van der Waals surface area contributed by atoms with Gasteiger partial charge in [-0.3, -0.25) is 0 Å². The summed E-state index contributed by atoms with van der Waals surface area (Å²) in [6.07, 6.45) is -0.869. The van der Waals surface area contributed by atoms with Gasteiger partial charge in [-0.15, -0.1) is 0 Å². The molecule has 1 aromatic heterocycles. The SMILES string of the molecule is FC(F)(F)COc1ccc(CN[C@H]2CCc3ncnn3C2)cc1. The van der Waals surface area contributed by atoms with Gasteiger partial charge < -0.3 is 10.1 Å². The lowest BCUT2D eigenvalue weighted by Crippen LogP contribution is -2.37. The van der Waals surface area contributed by atoms with Crippen LogP contribution >= 0.6 is 0 Å². The molecule has 23 heavy (non-hydrogen) atoms. The second-order valence-corrected chi connectivity index (χ2v) is 5.52. The van der Waals surface area contributed by atoms with Crippen LogP contribution in [-0.2, 0) is 19.5 Å². The Kier molecular flexibility index (Phi) is 4.51. The van der Waals surface area contributed by atoms with Crippen molar-refractivity contribution in [3.05, 3.63) is 42.0 Å². The van der Waals surface area contributed by atoms with Gasteiger partial charge in [-0.25, -0.2) is 9.67 Å². The van der Waals surface area contributed by atoms with E-state index in [4.69, 9.17) is 0 Å². The molecule has 0 amide bonds. The van der Waals surface area contributed by atoms with Crippen LogP contribution in [0.15, 0.2) is 30.6 Å². The van der Waals surface area contributed by atoms with E-state index in [1.807, 2.05) is 4.68 Å². The molecule has 1 aliphatic rings. The molecule has 1 N–H and O–H groups in total. The molecule has 2 heterocycles. The first kappa shape index (κ1) is 15.8. The molecule has 5 nitrogen and oxygen atoms in total. The smallest absolute Gasteiger partial charge is 0.422 e. The summed E-state index contributed by atoms with van der Waals surface area (Å²) in [6.45, 7) is 0.156. The Bertz CT molecular complexity index is 639. The van der Waals surface area contributed by atoms with Crippen LogP contribution in [0.4, 0.5) is 13.2 Å². The van der Waals surface area contributed by atoms with E-state index in [2.05, 4.69) is 20.1 Å². The van der Waals surface area contributed by atoms with Gasteiger partial charge in [0.25, 0.3) is 0 Å². The summed E-state index contributed by atoms with van der Waals surface area (Å²) < 4.78 is 42.8. The molecule has 0 saturated carbocycles. The zero-order valence-electron chi connectivity index (χ0n) is 12.4. The lowest BCUT2D eigenvalue weighted by molar-refractivity contribution is -0.153. The highest BCUT2D eigenvalue weighted by Gasteiger charge is 2.28. The van der Waals surface area contributed by atoms with Crippen LogP contribution in [0.1, 0.15) is 17.8 Å². The third kappa shape index (κ3) is 4.44. The Morgan fingerprint density at radius 1 is 1.26 bits per heavy atom. The van der Waals surface area contributed by atoms with Crippen molar-refractivity contribution in [2.24, 2.45) is 0 Å². The fraction of sp³-hybridized carbons (Fsp3) is 0.467. The molecule has 1 aromatic carbocycles. The largest absolute Gasteiger partial charge is 0.484 e.